The van der Waals surface area contributed by atoms with Gasteiger partial charge in [-0.25, -0.2) is 0 Å². The van der Waals surface area contributed by atoms with Gasteiger partial charge >= 0.3 is 0 Å². The zero-order valence-corrected chi connectivity index (χ0v) is 11.9. The van der Waals surface area contributed by atoms with Gasteiger partial charge in [0.05, 0.1) is 0 Å². The van der Waals surface area contributed by atoms with Crippen LogP contribution in [0.4, 0.5) is 0 Å². The van der Waals surface area contributed by atoms with Crippen LogP contribution >= 0.6 is 9.24 Å². The number of benzene rings is 1. The highest BCUT2D eigenvalue weighted by atomic mass is 31.0. The van der Waals surface area contributed by atoms with Gasteiger partial charge in [0.1, 0.15) is 0 Å². The quantitative estimate of drug-likeness (QED) is 0.542. The van der Waals surface area contributed by atoms with E-state index in [2.05, 4.69) is 61.7 Å². The van der Waals surface area contributed by atoms with Gasteiger partial charge in [-0.1, -0.05) is 42.8 Å². The second kappa shape index (κ2) is 5.46. The summed E-state index contributed by atoms with van der Waals surface area (Å²) >= 11 is 0. The Balaban J connectivity index is 3.28. The van der Waals surface area contributed by atoms with Crippen LogP contribution in [0.2, 0.25) is 0 Å². The van der Waals surface area contributed by atoms with Crippen molar-refractivity contribution in [2.75, 3.05) is 0 Å². The molecule has 16 heavy (non-hydrogen) atoms. The van der Waals surface area contributed by atoms with Crippen LogP contribution in [0, 0.1) is 13.8 Å². The minimum absolute atomic E-state index is 1.03. The Morgan fingerprint density at radius 1 is 1.38 bits per heavy atom. The van der Waals surface area contributed by atoms with Crippen molar-refractivity contribution in [3.63, 3.8) is 0 Å². The average Bonchev–Trinajstić information content (AvgIpc) is 2.20. The minimum atomic E-state index is 1.03. The van der Waals surface area contributed by atoms with Gasteiger partial charge in [-0.3, -0.25) is 0 Å². The third-order valence-corrected chi connectivity index (χ3v) is 3.61. The summed E-state index contributed by atoms with van der Waals surface area (Å²) in [5, 5.41) is 1.29. The van der Waals surface area contributed by atoms with Crippen LogP contribution in [-0.4, -0.2) is 0 Å². The van der Waals surface area contributed by atoms with Crippen LogP contribution in [0.5, 0.6) is 0 Å². The first-order valence-corrected chi connectivity index (χ1v) is 6.26. The molecule has 0 saturated carbocycles. The fraction of sp³-hybridized carbons (Fsp3) is 0.333. The summed E-state index contributed by atoms with van der Waals surface area (Å²) in [5.74, 6) is 0. The molecule has 1 rings (SSSR count). The van der Waals surface area contributed by atoms with E-state index in [0.29, 0.717) is 0 Å². The Bertz CT molecular complexity index is 439. The number of allylic oxidation sites excluding steroid dienone is 2. The van der Waals surface area contributed by atoms with E-state index in [0.717, 1.165) is 12.0 Å². The molecule has 0 radical (unpaired) electrons. The number of hydrogen-bond donors (Lipinski definition) is 0. The molecule has 0 bridgehead atoms. The third kappa shape index (κ3) is 3.06. The first-order chi connectivity index (χ1) is 7.45. The van der Waals surface area contributed by atoms with E-state index in [4.69, 9.17) is 0 Å². The van der Waals surface area contributed by atoms with E-state index in [1.54, 1.807) is 0 Å². The van der Waals surface area contributed by atoms with Crippen molar-refractivity contribution >= 4 is 20.6 Å². The normalized spacial score (nSPS) is 11.7. The molecule has 1 aromatic carbocycles. The lowest BCUT2D eigenvalue weighted by Crippen LogP contribution is -2.03. The van der Waals surface area contributed by atoms with Gasteiger partial charge in [0.2, 0.25) is 0 Å². The van der Waals surface area contributed by atoms with Crippen LogP contribution in [0.3, 0.4) is 0 Å². The second-order valence-corrected chi connectivity index (χ2v) is 4.97. The molecule has 1 heteroatoms. The van der Waals surface area contributed by atoms with Gasteiger partial charge < -0.3 is 0 Å². The fourth-order valence-electron chi connectivity index (χ4n) is 1.85. The van der Waals surface area contributed by atoms with E-state index >= 15 is 0 Å². The van der Waals surface area contributed by atoms with Gasteiger partial charge in [-0.2, -0.15) is 0 Å². The predicted octanol–water partition coefficient (Wildman–Crippen LogP) is 4.17. The molecule has 0 spiro atoms. The number of aryl methyl sites for hydroxylation is 2. The maximum absolute atomic E-state index is 4.02. The monoisotopic (exact) mass is 232 g/mol. The van der Waals surface area contributed by atoms with Gasteiger partial charge in [0, 0.05) is 0 Å². The highest BCUT2D eigenvalue weighted by molar-refractivity contribution is 7.27. The molecular formula is C15H21P. The molecular weight excluding hydrogens is 211 g/mol. The molecule has 0 aromatic heterocycles. The van der Waals surface area contributed by atoms with Crippen molar-refractivity contribution in [1.29, 1.82) is 0 Å². The molecule has 1 unspecified atom stereocenters. The molecule has 0 N–H and O–H groups in total. The standard InChI is InChI=1S/C15H21P/c1-6-13(10(2)3)9-14-8-11(4)7-12(5)15(14)16/h7-9H,2,6,16H2,1,3-5H3/b13-9-. The lowest BCUT2D eigenvalue weighted by molar-refractivity contribution is 1.12. The minimum Gasteiger partial charge on any atom is -0.105 e. The molecule has 0 amide bonds. The van der Waals surface area contributed by atoms with Gasteiger partial charge in [0.25, 0.3) is 0 Å². The van der Waals surface area contributed by atoms with Crippen LogP contribution in [0.25, 0.3) is 6.08 Å². The lowest BCUT2D eigenvalue weighted by atomic mass is 10.0. The Labute approximate surface area is 102 Å². The second-order valence-electron chi connectivity index (χ2n) is 4.39. The molecule has 1 atom stereocenters. The smallest absolute Gasteiger partial charge is 0.0177 e. The topological polar surface area (TPSA) is 0 Å². The van der Waals surface area contributed by atoms with Crippen LogP contribution in [0.15, 0.2) is 29.9 Å². The van der Waals surface area contributed by atoms with Gasteiger partial charge in [-0.15, -0.1) is 9.24 Å². The summed E-state index contributed by atoms with van der Waals surface area (Å²) in [4.78, 5) is 0. The predicted molar refractivity (Wildman–Crippen MR) is 78.3 cm³/mol. The zero-order chi connectivity index (χ0) is 12.3. The van der Waals surface area contributed by atoms with Crippen molar-refractivity contribution in [1.82, 2.24) is 0 Å². The van der Waals surface area contributed by atoms with Crippen molar-refractivity contribution in [3.05, 3.63) is 46.5 Å². The first kappa shape index (κ1) is 13.2. The van der Waals surface area contributed by atoms with E-state index in [-0.39, 0.29) is 0 Å². The average molecular weight is 232 g/mol. The van der Waals surface area contributed by atoms with Crippen molar-refractivity contribution in [2.24, 2.45) is 0 Å². The van der Waals surface area contributed by atoms with Crippen LogP contribution in [0.1, 0.15) is 37.0 Å². The highest BCUT2D eigenvalue weighted by Crippen LogP contribution is 2.18. The maximum atomic E-state index is 4.02. The molecule has 0 nitrogen and oxygen atoms in total. The third-order valence-electron chi connectivity index (χ3n) is 2.82. The Kier molecular flexibility index (Phi) is 4.50. The van der Waals surface area contributed by atoms with Crippen LogP contribution in [-0.2, 0) is 0 Å². The van der Waals surface area contributed by atoms with E-state index in [1.807, 2.05) is 0 Å². The van der Waals surface area contributed by atoms with Crippen molar-refractivity contribution in [2.45, 2.75) is 34.1 Å². The first-order valence-electron chi connectivity index (χ1n) is 5.68. The molecule has 0 fully saturated rings. The van der Waals surface area contributed by atoms with E-state index in [9.17, 15) is 0 Å². The summed E-state index contributed by atoms with van der Waals surface area (Å²) in [7, 11) is 2.84. The van der Waals surface area contributed by atoms with Crippen LogP contribution < -0.4 is 5.30 Å². The van der Waals surface area contributed by atoms with Gasteiger partial charge in [-0.05, 0) is 49.2 Å². The molecule has 86 valence electrons. The number of rotatable bonds is 3. The zero-order valence-electron chi connectivity index (χ0n) is 10.7. The molecule has 0 saturated heterocycles. The molecule has 1 aromatic rings. The Morgan fingerprint density at radius 3 is 2.50 bits per heavy atom. The largest absolute Gasteiger partial charge is 0.105 e. The molecule has 0 heterocycles. The molecule has 0 aliphatic rings. The summed E-state index contributed by atoms with van der Waals surface area (Å²) in [6, 6.07) is 4.44. The van der Waals surface area contributed by atoms with Gasteiger partial charge in [0.15, 0.2) is 0 Å². The maximum Gasteiger partial charge on any atom is -0.0177 e. The number of hydrogen-bond acceptors (Lipinski definition) is 0. The Morgan fingerprint density at radius 2 is 2.00 bits per heavy atom. The van der Waals surface area contributed by atoms with Crippen molar-refractivity contribution < 1.29 is 0 Å². The van der Waals surface area contributed by atoms with E-state index in [1.165, 1.54) is 27.6 Å². The van der Waals surface area contributed by atoms with E-state index < -0.39 is 0 Å². The molecule has 0 aliphatic heterocycles. The lowest BCUT2D eigenvalue weighted by Gasteiger charge is -2.09. The Hall–Kier alpha value is -0.870. The SMILES string of the molecule is C=C(C)/C(=C\c1cc(C)cc(C)c1P)CC. The summed E-state index contributed by atoms with van der Waals surface area (Å²) in [6.45, 7) is 12.6. The molecule has 0 aliphatic carbocycles. The summed E-state index contributed by atoms with van der Waals surface area (Å²) < 4.78 is 0. The highest BCUT2D eigenvalue weighted by Gasteiger charge is 2.02. The summed E-state index contributed by atoms with van der Waals surface area (Å²) in [6.07, 6.45) is 3.29. The fourth-order valence-corrected chi connectivity index (χ4v) is 2.10. The summed E-state index contributed by atoms with van der Waals surface area (Å²) in [5.41, 5.74) is 6.42. The van der Waals surface area contributed by atoms with Crippen molar-refractivity contribution in [3.8, 4) is 0 Å².